The summed E-state index contributed by atoms with van der Waals surface area (Å²) in [6.45, 7) is 0. The minimum Gasteiger partial charge on any atom is -0.497 e. The normalized spacial score (nSPS) is 10.2. The smallest absolute Gasteiger partial charge is 0.196 e. The van der Waals surface area contributed by atoms with Gasteiger partial charge in [0.2, 0.25) is 0 Å². The average molecular weight is 288 g/mol. The summed E-state index contributed by atoms with van der Waals surface area (Å²) in [5, 5.41) is 0. The van der Waals surface area contributed by atoms with Crippen molar-refractivity contribution >= 4 is 17.5 Å². The van der Waals surface area contributed by atoms with E-state index < -0.39 is 0 Å². The van der Waals surface area contributed by atoms with Crippen molar-refractivity contribution in [3.05, 3.63) is 53.6 Å². The molecule has 2 aromatic carbocycles. The monoisotopic (exact) mass is 288 g/mol. The van der Waals surface area contributed by atoms with Gasteiger partial charge in [-0.3, -0.25) is 4.79 Å². The Balaban J connectivity index is 2.40. The average Bonchev–Trinajstić information content (AvgIpc) is 2.53. The van der Waals surface area contributed by atoms with Gasteiger partial charge in [0.1, 0.15) is 11.5 Å². The number of hydrogen-bond donors (Lipinski definition) is 0. The van der Waals surface area contributed by atoms with Crippen LogP contribution in [0.15, 0.2) is 47.4 Å². The van der Waals surface area contributed by atoms with Crippen LogP contribution in [0.5, 0.6) is 11.5 Å². The lowest BCUT2D eigenvalue weighted by Crippen LogP contribution is -2.04. The van der Waals surface area contributed by atoms with Crippen LogP contribution in [0.4, 0.5) is 0 Å². The lowest BCUT2D eigenvalue weighted by molar-refractivity contribution is 0.103. The highest BCUT2D eigenvalue weighted by Crippen LogP contribution is 2.27. The molecule has 0 radical (unpaired) electrons. The standard InChI is InChI=1S/C16H16O3S/c1-18-12-6-9-15(19-2)14(10-12)16(17)11-4-7-13(20-3)8-5-11/h4-10H,1-3H3. The van der Waals surface area contributed by atoms with E-state index in [1.165, 1.54) is 0 Å². The maximum atomic E-state index is 12.6. The summed E-state index contributed by atoms with van der Waals surface area (Å²) in [4.78, 5) is 13.7. The minimum atomic E-state index is -0.0756. The maximum Gasteiger partial charge on any atom is 0.196 e. The number of hydrogen-bond acceptors (Lipinski definition) is 4. The molecular weight excluding hydrogens is 272 g/mol. The molecule has 4 heteroatoms. The lowest BCUT2D eigenvalue weighted by Gasteiger charge is -2.10. The van der Waals surface area contributed by atoms with E-state index in [4.69, 9.17) is 9.47 Å². The van der Waals surface area contributed by atoms with Gasteiger partial charge < -0.3 is 9.47 Å². The van der Waals surface area contributed by atoms with Crippen molar-refractivity contribution in [3.8, 4) is 11.5 Å². The third-order valence-electron chi connectivity index (χ3n) is 3.00. The molecule has 0 bridgehead atoms. The molecule has 0 amide bonds. The highest BCUT2D eigenvalue weighted by molar-refractivity contribution is 7.98. The van der Waals surface area contributed by atoms with E-state index in [1.54, 1.807) is 44.2 Å². The van der Waals surface area contributed by atoms with Crippen LogP contribution in [0.25, 0.3) is 0 Å². The lowest BCUT2D eigenvalue weighted by atomic mass is 10.0. The SMILES string of the molecule is COc1ccc(OC)c(C(=O)c2ccc(SC)cc2)c1. The van der Waals surface area contributed by atoms with Crippen molar-refractivity contribution in [2.24, 2.45) is 0 Å². The van der Waals surface area contributed by atoms with E-state index in [2.05, 4.69) is 0 Å². The molecular formula is C16H16O3S. The van der Waals surface area contributed by atoms with Crippen LogP contribution < -0.4 is 9.47 Å². The first-order valence-electron chi connectivity index (χ1n) is 6.10. The van der Waals surface area contributed by atoms with E-state index in [0.717, 1.165) is 4.90 Å². The van der Waals surface area contributed by atoms with Gasteiger partial charge in [-0.1, -0.05) is 0 Å². The second-order valence-corrected chi connectivity index (χ2v) is 5.00. The molecule has 0 aromatic heterocycles. The second-order valence-electron chi connectivity index (χ2n) is 4.12. The predicted molar refractivity (Wildman–Crippen MR) is 81.2 cm³/mol. The van der Waals surface area contributed by atoms with Gasteiger partial charge in [0, 0.05) is 10.5 Å². The molecule has 104 valence electrons. The largest absolute Gasteiger partial charge is 0.497 e. The molecule has 2 rings (SSSR count). The molecule has 3 nitrogen and oxygen atoms in total. The molecule has 0 N–H and O–H groups in total. The third-order valence-corrected chi connectivity index (χ3v) is 3.75. The van der Waals surface area contributed by atoms with E-state index >= 15 is 0 Å². The molecule has 0 aliphatic carbocycles. The molecule has 20 heavy (non-hydrogen) atoms. The summed E-state index contributed by atoms with van der Waals surface area (Å²) < 4.78 is 10.4. The van der Waals surface area contributed by atoms with Crippen molar-refractivity contribution < 1.29 is 14.3 Å². The molecule has 0 unspecified atom stereocenters. The highest BCUT2D eigenvalue weighted by Gasteiger charge is 2.15. The summed E-state index contributed by atoms with van der Waals surface area (Å²) in [6.07, 6.45) is 2.00. The van der Waals surface area contributed by atoms with Gasteiger partial charge >= 0.3 is 0 Å². The molecule has 0 saturated heterocycles. The number of benzene rings is 2. The number of carbonyl (C=O) groups is 1. The summed E-state index contributed by atoms with van der Waals surface area (Å²) in [5.41, 5.74) is 1.14. The second kappa shape index (κ2) is 6.48. The van der Waals surface area contributed by atoms with Crippen LogP contribution in [0, 0.1) is 0 Å². The maximum absolute atomic E-state index is 12.6. The Bertz CT molecular complexity index is 606. The number of carbonyl (C=O) groups excluding carboxylic acids is 1. The van der Waals surface area contributed by atoms with Crippen LogP contribution >= 0.6 is 11.8 Å². The first-order valence-corrected chi connectivity index (χ1v) is 7.33. The fourth-order valence-electron chi connectivity index (χ4n) is 1.89. The van der Waals surface area contributed by atoms with E-state index in [1.807, 2.05) is 30.5 Å². The fourth-order valence-corrected chi connectivity index (χ4v) is 2.30. The van der Waals surface area contributed by atoms with Gasteiger partial charge in [-0.2, -0.15) is 0 Å². The van der Waals surface area contributed by atoms with E-state index in [9.17, 15) is 4.79 Å². The van der Waals surface area contributed by atoms with Gasteiger partial charge in [-0.05, 0) is 48.7 Å². The molecule has 0 saturated carbocycles. The first-order chi connectivity index (χ1) is 9.69. The van der Waals surface area contributed by atoms with Gasteiger partial charge in [0.25, 0.3) is 0 Å². The Morgan fingerprint density at radius 2 is 1.70 bits per heavy atom. The van der Waals surface area contributed by atoms with Gasteiger partial charge in [0.05, 0.1) is 19.8 Å². The summed E-state index contributed by atoms with van der Waals surface area (Å²) >= 11 is 1.64. The summed E-state index contributed by atoms with van der Waals surface area (Å²) in [5.74, 6) is 1.10. The number of thioether (sulfide) groups is 1. The fraction of sp³-hybridized carbons (Fsp3) is 0.188. The number of ketones is 1. The van der Waals surface area contributed by atoms with Crippen LogP contribution in [0.3, 0.4) is 0 Å². The van der Waals surface area contributed by atoms with Crippen LogP contribution in [0.2, 0.25) is 0 Å². The van der Waals surface area contributed by atoms with Crippen molar-refractivity contribution in [3.63, 3.8) is 0 Å². The van der Waals surface area contributed by atoms with Gasteiger partial charge in [-0.25, -0.2) is 0 Å². The quantitative estimate of drug-likeness (QED) is 0.621. The van der Waals surface area contributed by atoms with E-state index in [0.29, 0.717) is 22.6 Å². The molecule has 0 aliphatic heterocycles. The zero-order chi connectivity index (χ0) is 14.5. The molecule has 0 aliphatic rings. The number of rotatable bonds is 5. The van der Waals surface area contributed by atoms with Crippen LogP contribution in [0.1, 0.15) is 15.9 Å². The highest BCUT2D eigenvalue weighted by atomic mass is 32.2. The van der Waals surface area contributed by atoms with Gasteiger partial charge in [0.15, 0.2) is 5.78 Å². The van der Waals surface area contributed by atoms with E-state index in [-0.39, 0.29) is 5.78 Å². The predicted octanol–water partition coefficient (Wildman–Crippen LogP) is 3.66. The minimum absolute atomic E-state index is 0.0756. The summed E-state index contributed by atoms with van der Waals surface area (Å²) in [7, 11) is 3.12. The molecule has 0 spiro atoms. The van der Waals surface area contributed by atoms with Gasteiger partial charge in [-0.15, -0.1) is 11.8 Å². The third kappa shape index (κ3) is 2.96. The molecule has 2 aromatic rings. The molecule has 0 fully saturated rings. The Kier molecular flexibility index (Phi) is 4.69. The number of methoxy groups -OCH3 is 2. The van der Waals surface area contributed by atoms with Crippen LogP contribution in [-0.2, 0) is 0 Å². The summed E-state index contributed by atoms with van der Waals surface area (Å²) in [6, 6.07) is 12.7. The Labute approximate surface area is 122 Å². The number of ether oxygens (including phenoxy) is 2. The van der Waals surface area contributed by atoms with Crippen LogP contribution in [-0.4, -0.2) is 26.3 Å². The van der Waals surface area contributed by atoms with Crippen molar-refractivity contribution in [2.45, 2.75) is 4.90 Å². The Morgan fingerprint density at radius 3 is 2.25 bits per heavy atom. The first kappa shape index (κ1) is 14.5. The van der Waals surface area contributed by atoms with Crippen molar-refractivity contribution in [1.82, 2.24) is 0 Å². The van der Waals surface area contributed by atoms with Crippen molar-refractivity contribution in [1.29, 1.82) is 0 Å². The Morgan fingerprint density at radius 1 is 1.00 bits per heavy atom. The zero-order valence-electron chi connectivity index (χ0n) is 11.7. The Hall–Kier alpha value is -1.94. The topological polar surface area (TPSA) is 35.5 Å². The molecule has 0 heterocycles. The zero-order valence-corrected chi connectivity index (χ0v) is 12.5. The van der Waals surface area contributed by atoms with Crippen molar-refractivity contribution in [2.75, 3.05) is 20.5 Å². The molecule has 0 atom stereocenters.